The SMILES string of the molecule is CCCCNC(=O)CN(C1CCS(=O)(=O)C1)S(C)(=O)=O. The fraction of sp³-hybridized carbons (Fsp3) is 0.909. The van der Waals surface area contributed by atoms with Crippen LogP contribution in [0, 0.1) is 0 Å². The minimum Gasteiger partial charge on any atom is -0.355 e. The highest BCUT2D eigenvalue weighted by Gasteiger charge is 2.37. The summed E-state index contributed by atoms with van der Waals surface area (Å²) >= 11 is 0. The third-order valence-electron chi connectivity index (χ3n) is 3.19. The number of sulfonamides is 1. The van der Waals surface area contributed by atoms with Crippen molar-refractivity contribution in [2.75, 3.05) is 30.9 Å². The third-order valence-corrected chi connectivity index (χ3v) is 6.22. The molecule has 0 aromatic rings. The molecule has 0 saturated carbocycles. The predicted molar refractivity (Wildman–Crippen MR) is 76.5 cm³/mol. The van der Waals surface area contributed by atoms with Crippen molar-refractivity contribution in [3.8, 4) is 0 Å². The van der Waals surface area contributed by atoms with Crippen LogP contribution in [0.15, 0.2) is 0 Å². The van der Waals surface area contributed by atoms with Gasteiger partial charge in [0, 0.05) is 12.6 Å². The Morgan fingerprint density at radius 2 is 2.05 bits per heavy atom. The minimum atomic E-state index is -3.62. The van der Waals surface area contributed by atoms with Crippen molar-refractivity contribution < 1.29 is 21.6 Å². The van der Waals surface area contributed by atoms with Gasteiger partial charge in [0.1, 0.15) is 0 Å². The molecule has 0 aromatic carbocycles. The van der Waals surface area contributed by atoms with Crippen molar-refractivity contribution in [1.82, 2.24) is 9.62 Å². The topological polar surface area (TPSA) is 101 Å². The summed E-state index contributed by atoms with van der Waals surface area (Å²) in [5, 5.41) is 2.64. The maximum absolute atomic E-state index is 11.7. The number of carbonyl (C=O) groups is 1. The van der Waals surface area contributed by atoms with Crippen LogP contribution in [0.4, 0.5) is 0 Å². The summed E-state index contributed by atoms with van der Waals surface area (Å²) in [6, 6.07) is -0.632. The molecule has 1 saturated heterocycles. The Bertz CT molecular complexity index is 541. The second-order valence-electron chi connectivity index (χ2n) is 5.07. The van der Waals surface area contributed by atoms with Crippen molar-refractivity contribution in [2.45, 2.75) is 32.2 Å². The number of hydrogen-bond acceptors (Lipinski definition) is 5. The largest absolute Gasteiger partial charge is 0.355 e. The molecule has 1 N–H and O–H groups in total. The van der Waals surface area contributed by atoms with Gasteiger partial charge in [-0.05, 0) is 12.8 Å². The van der Waals surface area contributed by atoms with E-state index in [2.05, 4.69) is 5.32 Å². The number of unbranched alkanes of at least 4 members (excludes halogenated alkanes) is 1. The standard InChI is InChI=1S/C11H22N2O5S2/c1-3-4-6-12-11(14)8-13(19(2,15)16)10-5-7-20(17,18)9-10/h10H,3-9H2,1-2H3,(H,12,14). The first-order chi connectivity index (χ1) is 9.15. The van der Waals surface area contributed by atoms with Crippen LogP contribution in [0.3, 0.4) is 0 Å². The maximum Gasteiger partial charge on any atom is 0.235 e. The van der Waals surface area contributed by atoms with E-state index < -0.39 is 31.8 Å². The lowest BCUT2D eigenvalue weighted by molar-refractivity contribution is -0.121. The van der Waals surface area contributed by atoms with E-state index >= 15 is 0 Å². The molecule has 118 valence electrons. The van der Waals surface area contributed by atoms with Gasteiger partial charge in [-0.2, -0.15) is 4.31 Å². The molecule has 1 aliphatic heterocycles. The Labute approximate surface area is 120 Å². The van der Waals surface area contributed by atoms with Crippen molar-refractivity contribution in [2.24, 2.45) is 0 Å². The molecule has 1 atom stereocenters. The molecule has 1 aliphatic rings. The van der Waals surface area contributed by atoms with Crippen LogP contribution in [0.25, 0.3) is 0 Å². The highest BCUT2D eigenvalue weighted by Crippen LogP contribution is 2.19. The number of nitrogens with zero attached hydrogens (tertiary/aromatic N) is 1. The van der Waals surface area contributed by atoms with E-state index in [1.165, 1.54) is 0 Å². The number of amides is 1. The average molecular weight is 326 g/mol. The molecular weight excluding hydrogens is 304 g/mol. The molecule has 0 aromatic heterocycles. The lowest BCUT2D eigenvalue weighted by atomic mass is 10.2. The van der Waals surface area contributed by atoms with Crippen LogP contribution in [0.5, 0.6) is 0 Å². The highest BCUT2D eigenvalue weighted by atomic mass is 32.2. The summed E-state index contributed by atoms with van der Waals surface area (Å²) in [6.45, 7) is 2.16. The van der Waals surface area contributed by atoms with E-state index in [0.717, 1.165) is 23.4 Å². The fourth-order valence-corrected chi connectivity index (χ4v) is 5.02. The van der Waals surface area contributed by atoms with Crippen LogP contribution in [-0.2, 0) is 24.7 Å². The zero-order chi connectivity index (χ0) is 15.4. The Morgan fingerprint density at radius 1 is 1.40 bits per heavy atom. The third kappa shape index (κ3) is 5.37. The van der Waals surface area contributed by atoms with E-state index in [-0.39, 0.29) is 24.5 Å². The molecular formula is C11H22N2O5S2. The van der Waals surface area contributed by atoms with Gasteiger partial charge in [0.05, 0.1) is 24.3 Å². The highest BCUT2D eigenvalue weighted by molar-refractivity contribution is 7.92. The van der Waals surface area contributed by atoms with Crippen LogP contribution < -0.4 is 5.32 Å². The molecule has 7 nitrogen and oxygen atoms in total. The fourth-order valence-electron chi connectivity index (χ4n) is 2.12. The monoisotopic (exact) mass is 326 g/mol. The van der Waals surface area contributed by atoms with Gasteiger partial charge >= 0.3 is 0 Å². The molecule has 0 bridgehead atoms. The average Bonchev–Trinajstić information content (AvgIpc) is 2.65. The van der Waals surface area contributed by atoms with E-state index in [0.29, 0.717) is 6.54 Å². The smallest absolute Gasteiger partial charge is 0.235 e. The summed E-state index contributed by atoms with van der Waals surface area (Å²) in [5.74, 6) is -0.628. The number of hydrogen-bond donors (Lipinski definition) is 1. The van der Waals surface area contributed by atoms with E-state index in [1.807, 2.05) is 6.92 Å². The first-order valence-electron chi connectivity index (χ1n) is 6.59. The maximum atomic E-state index is 11.7. The Kier molecular flexibility index (Phi) is 5.96. The number of rotatable bonds is 7. The lowest BCUT2D eigenvalue weighted by Crippen LogP contribution is -2.46. The zero-order valence-corrected chi connectivity index (χ0v) is 13.5. The molecule has 1 rings (SSSR count). The first-order valence-corrected chi connectivity index (χ1v) is 10.3. The van der Waals surface area contributed by atoms with Crippen LogP contribution >= 0.6 is 0 Å². The van der Waals surface area contributed by atoms with Gasteiger partial charge in [0.2, 0.25) is 15.9 Å². The van der Waals surface area contributed by atoms with Crippen LogP contribution in [-0.4, -0.2) is 63.9 Å². The quantitative estimate of drug-likeness (QED) is 0.627. The second kappa shape index (κ2) is 6.86. The number of nitrogens with one attached hydrogen (secondary N) is 1. The Hall–Kier alpha value is -0.670. The molecule has 1 heterocycles. The van der Waals surface area contributed by atoms with Gasteiger partial charge in [0.15, 0.2) is 9.84 Å². The lowest BCUT2D eigenvalue weighted by Gasteiger charge is -2.24. The summed E-state index contributed by atoms with van der Waals surface area (Å²) in [5.41, 5.74) is 0. The van der Waals surface area contributed by atoms with E-state index in [4.69, 9.17) is 0 Å². The van der Waals surface area contributed by atoms with Gasteiger partial charge in [-0.3, -0.25) is 4.79 Å². The molecule has 1 fully saturated rings. The van der Waals surface area contributed by atoms with Crippen molar-refractivity contribution in [1.29, 1.82) is 0 Å². The summed E-state index contributed by atoms with van der Waals surface area (Å²) < 4.78 is 47.4. The van der Waals surface area contributed by atoms with Gasteiger partial charge in [-0.25, -0.2) is 16.8 Å². The second-order valence-corrected chi connectivity index (χ2v) is 9.23. The van der Waals surface area contributed by atoms with Crippen LogP contribution in [0.2, 0.25) is 0 Å². The molecule has 1 amide bonds. The summed E-state index contributed by atoms with van der Waals surface area (Å²) in [7, 11) is -6.81. The minimum absolute atomic E-state index is 0.0266. The van der Waals surface area contributed by atoms with Gasteiger partial charge in [0.25, 0.3) is 0 Å². The van der Waals surface area contributed by atoms with Crippen molar-refractivity contribution >= 4 is 25.8 Å². The predicted octanol–water partition coefficient (Wildman–Crippen LogP) is -0.649. The summed E-state index contributed by atoms with van der Waals surface area (Å²) in [6.07, 6.45) is 2.99. The van der Waals surface area contributed by atoms with Gasteiger partial charge in [-0.15, -0.1) is 0 Å². The van der Waals surface area contributed by atoms with Gasteiger partial charge < -0.3 is 5.32 Å². The molecule has 0 spiro atoms. The zero-order valence-electron chi connectivity index (χ0n) is 11.8. The molecule has 0 radical (unpaired) electrons. The molecule has 1 unspecified atom stereocenters. The normalized spacial score (nSPS) is 22.1. The molecule has 0 aliphatic carbocycles. The van der Waals surface area contributed by atoms with Crippen LogP contribution in [0.1, 0.15) is 26.2 Å². The van der Waals surface area contributed by atoms with E-state index in [1.54, 1.807) is 0 Å². The van der Waals surface area contributed by atoms with Crippen molar-refractivity contribution in [3.63, 3.8) is 0 Å². The first kappa shape index (κ1) is 17.4. The van der Waals surface area contributed by atoms with E-state index in [9.17, 15) is 21.6 Å². The summed E-state index contributed by atoms with van der Waals surface area (Å²) in [4.78, 5) is 11.7. The molecule has 20 heavy (non-hydrogen) atoms. The number of sulfone groups is 1. The Balaban J connectivity index is 2.70. The van der Waals surface area contributed by atoms with Crippen molar-refractivity contribution in [3.05, 3.63) is 0 Å². The number of carbonyl (C=O) groups excluding carboxylic acids is 1. The van der Waals surface area contributed by atoms with Gasteiger partial charge in [-0.1, -0.05) is 13.3 Å². The Morgan fingerprint density at radius 3 is 2.50 bits per heavy atom. The molecule has 9 heteroatoms.